The molecule has 2 aromatic carbocycles. The van der Waals surface area contributed by atoms with Crippen molar-refractivity contribution < 1.29 is 14.3 Å². The number of amides is 1. The third-order valence-electron chi connectivity index (χ3n) is 3.36. The van der Waals surface area contributed by atoms with Gasteiger partial charge in [-0.25, -0.2) is 0 Å². The van der Waals surface area contributed by atoms with Gasteiger partial charge in [-0.15, -0.1) is 6.58 Å². The van der Waals surface area contributed by atoms with Gasteiger partial charge in [0.25, 0.3) is 5.91 Å². The molecule has 0 bridgehead atoms. The van der Waals surface area contributed by atoms with E-state index in [4.69, 9.17) is 9.47 Å². The lowest BCUT2D eigenvalue weighted by molar-refractivity contribution is 0.102. The Hall–Kier alpha value is -1.79. The molecule has 0 radical (unpaired) electrons. The molecule has 0 aliphatic heterocycles. The van der Waals surface area contributed by atoms with Gasteiger partial charge in [0.2, 0.25) is 0 Å². The van der Waals surface area contributed by atoms with Crippen molar-refractivity contribution in [3.63, 3.8) is 0 Å². The summed E-state index contributed by atoms with van der Waals surface area (Å²) in [7, 11) is 3.12. The van der Waals surface area contributed by atoms with Crippen molar-refractivity contribution in [3.8, 4) is 11.5 Å². The van der Waals surface area contributed by atoms with Crippen molar-refractivity contribution in [2.75, 3.05) is 19.5 Å². The Morgan fingerprint density at radius 2 is 1.96 bits per heavy atom. The minimum absolute atomic E-state index is 0.236. The Kier molecular flexibility index (Phi) is 6.45. The fourth-order valence-corrected chi connectivity index (χ4v) is 2.98. The van der Waals surface area contributed by atoms with Gasteiger partial charge < -0.3 is 14.8 Å². The first-order valence-corrected chi connectivity index (χ1v) is 8.71. The average Bonchev–Trinajstić information content (AvgIpc) is 2.57. The zero-order chi connectivity index (χ0) is 17.7. The third kappa shape index (κ3) is 4.19. The van der Waals surface area contributed by atoms with Crippen molar-refractivity contribution in [2.24, 2.45) is 0 Å². The van der Waals surface area contributed by atoms with Crippen molar-refractivity contribution in [2.45, 2.75) is 6.42 Å². The predicted octanol–water partition coefficient (Wildman–Crippen LogP) is 5.21. The van der Waals surface area contributed by atoms with Crippen LogP contribution in [0.4, 0.5) is 5.69 Å². The van der Waals surface area contributed by atoms with Crippen LogP contribution < -0.4 is 14.8 Å². The number of hydrogen-bond acceptors (Lipinski definition) is 3. The standard InChI is InChI=1S/C18H17Br2NO3/c1-4-5-11-8-12(9-16(23-2)17(11)24-3)18(22)21-15-10-13(19)6-7-14(15)20/h4,6-10H,1,5H2,2-3H3,(H,21,22). The monoisotopic (exact) mass is 453 g/mol. The Balaban J connectivity index is 2.40. The third-order valence-corrected chi connectivity index (χ3v) is 4.54. The lowest BCUT2D eigenvalue weighted by Crippen LogP contribution is -2.13. The van der Waals surface area contributed by atoms with E-state index < -0.39 is 0 Å². The number of rotatable bonds is 6. The number of hydrogen-bond donors (Lipinski definition) is 1. The van der Waals surface area contributed by atoms with Gasteiger partial charge in [0.1, 0.15) is 0 Å². The molecule has 0 heterocycles. The number of nitrogens with one attached hydrogen (secondary N) is 1. The highest BCUT2D eigenvalue weighted by Gasteiger charge is 2.16. The summed E-state index contributed by atoms with van der Waals surface area (Å²) in [4.78, 5) is 12.6. The number of carbonyl (C=O) groups excluding carboxylic acids is 1. The molecule has 0 saturated carbocycles. The molecule has 2 aromatic rings. The van der Waals surface area contributed by atoms with E-state index >= 15 is 0 Å². The molecule has 0 aliphatic rings. The maximum Gasteiger partial charge on any atom is 0.255 e. The number of carbonyl (C=O) groups is 1. The summed E-state index contributed by atoms with van der Waals surface area (Å²) in [5.74, 6) is 0.882. The second-order valence-corrected chi connectivity index (χ2v) is 6.71. The molecule has 0 atom stereocenters. The quantitative estimate of drug-likeness (QED) is 0.609. The van der Waals surface area contributed by atoms with Crippen LogP contribution in [0.1, 0.15) is 15.9 Å². The Morgan fingerprint density at radius 1 is 1.21 bits per heavy atom. The molecule has 24 heavy (non-hydrogen) atoms. The molecular weight excluding hydrogens is 438 g/mol. The van der Waals surface area contributed by atoms with Gasteiger partial charge in [0.15, 0.2) is 11.5 Å². The van der Waals surface area contributed by atoms with Gasteiger partial charge in [-0.2, -0.15) is 0 Å². The van der Waals surface area contributed by atoms with E-state index in [9.17, 15) is 4.79 Å². The Morgan fingerprint density at radius 3 is 2.58 bits per heavy atom. The number of methoxy groups -OCH3 is 2. The fourth-order valence-electron chi connectivity index (χ4n) is 2.27. The molecule has 1 amide bonds. The smallest absolute Gasteiger partial charge is 0.255 e. The highest BCUT2D eigenvalue weighted by atomic mass is 79.9. The number of halogens is 2. The van der Waals surface area contributed by atoms with E-state index in [1.807, 2.05) is 18.2 Å². The summed E-state index contributed by atoms with van der Waals surface area (Å²) in [5.41, 5.74) is 2.00. The first-order chi connectivity index (χ1) is 11.5. The summed E-state index contributed by atoms with van der Waals surface area (Å²) >= 11 is 6.82. The van der Waals surface area contributed by atoms with E-state index in [2.05, 4.69) is 43.8 Å². The zero-order valence-corrected chi connectivity index (χ0v) is 16.5. The van der Waals surface area contributed by atoms with Crippen LogP contribution >= 0.6 is 31.9 Å². The fraction of sp³-hybridized carbons (Fsp3) is 0.167. The molecule has 0 aromatic heterocycles. The molecule has 4 nitrogen and oxygen atoms in total. The van der Waals surface area contributed by atoms with E-state index in [0.717, 1.165) is 14.5 Å². The van der Waals surface area contributed by atoms with Gasteiger partial charge in [-0.05, 0) is 52.7 Å². The number of ether oxygens (including phenoxy) is 2. The van der Waals surface area contributed by atoms with E-state index in [1.165, 1.54) is 0 Å². The maximum atomic E-state index is 12.6. The van der Waals surface area contributed by atoms with Crippen LogP contribution in [0.25, 0.3) is 0 Å². The lowest BCUT2D eigenvalue weighted by atomic mass is 10.0. The highest BCUT2D eigenvalue weighted by molar-refractivity contribution is 9.11. The summed E-state index contributed by atoms with van der Waals surface area (Å²) in [5, 5.41) is 2.89. The Bertz CT molecular complexity index is 775. The second kappa shape index (κ2) is 8.35. The molecule has 126 valence electrons. The van der Waals surface area contributed by atoms with Gasteiger partial charge in [0, 0.05) is 20.1 Å². The first kappa shape index (κ1) is 18.5. The normalized spacial score (nSPS) is 10.2. The van der Waals surface area contributed by atoms with Crippen LogP contribution in [-0.4, -0.2) is 20.1 Å². The first-order valence-electron chi connectivity index (χ1n) is 7.12. The SMILES string of the molecule is C=CCc1cc(C(=O)Nc2cc(Br)ccc2Br)cc(OC)c1OC. The van der Waals surface area contributed by atoms with Crippen molar-refractivity contribution >= 4 is 43.5 Å². The van der Waals surface area contributed by atoms with Gasteiger partial charge in [-0.3, -0.25) is 4.79 Å². The number of anilines is 1. The van der Waals surface area contributed by atoms with Gasteiger partial charge >= 0.3 is 0 Å². The molecule has 0 spiro atoms. The topological polar surface area (TPSA) is 47.6 Å². The molecular formula is C18H17Br2NO3. The lowest BCUT2D eigenvalue weighted by Gasteiger charge is -2.15. The molecule has 0 unspecified atom stereocenters. The maximum absolute atomic E-state index is 12.6. The largest absolute Gasteiger partial charge is 0.493 e. The van der Waals surface area contributed by atoms with Crippen LogP contribution in [0.2, 0.25) is 0 Å². The van der Waals surface area contributed by atoms with Crippen LogP contribution in [0.3, 0.4) is 0 Å². The average molecular weight is 455 g/mol. The van der Waals surface area contributed by atoms with Gasteiger partial charge in [0.05, 0.1) is 19.9 Å². The minimum Gasteiger partial charge on any atom is -0.493 e. The van der Waals surface area contributed by atoms with Crippen LogP contribution in [0.5, 0.6) is 11.5 Å². The molecule has 6 heteroatoms. The summed E-state index contributed by atoms with van der Waals surface area (Å²) in [6.45, 7) is 3.74. The van der Waals surface area contributed by atoms with E-state index in [0.29, 0.717) is 29.2 Å². The summed E-state index contributed by atoms with van der Waals surface area (Å²) < 4.78 is 12.4. The molecule has 0 saturated heterocycles. The molecule has 0 fully saturated rings. The van der Waals surface area contributed by atoms with Crippen LogP contribution in [0, 0.1) is 0 Å². The second-order valence-electron chi connectivity index (χ2n) is 4.94. The number of allylic oxidation sites excluding steroid dienone is 1. The van der Waals surface area contributed by atoms with Crippen molar-refractivity contribution in [1.29, 1.82) is 0 Å². The van der Waals surface area contributed by atoms with E-state index in [1.54, 1.807) is 32.4 Å². The predicted molar refractivity (Wildman–Crippen MR) is 103 cm³/mol. The number of benzene rings is 2. The van der Waals surface area contributed by atoms with Crippen molar-refractivity contribution in [3.05, 3.63) is 63.1 Å². The molecule has 1 N–H and O–H groups in total. The van der Waals surface area contributed by atoms with Crippen LogP contribution in [-0.2, 0) is 6.42 Å². The summed E-state index contributed by atoms with van der Waals surface area (Å²) in [6, 6.07) is 9.01. The van der Waals surface area contributed by atoms with Gasteiger partial charge in [-0.1, -0.05) is 22.0 Å². The Labute approximate surface area is 158 Å². The minimum atomic E-state index is -0.236. The van der Waals surface area contributed by atoms with Crippen LogP contribution in [0.15, 0.2) is 51.9 Å². The molecule has 2 rings (SSSR count). The zero-order valence-electron chi connectivity index (χ0n) is 13.4. The van der Waals surface area contributed by atoms with Crippen molar-refractivity contribution in [1.82, 2.24) is 0 Å². The molecule has 0 aliphatic carbocycles. The highest BCUT2D eigenvalue weighted by Crippen LogP contribution is 2.34. The summed E-state index contributed by atoms with van der Waals surface area (Å²) in [6.07, 6.45) is 2.32. The van der Waals surface area contributed by atoms with E-state index in [-0.39, 0.29) is 5.91 Å².